The van der Waals surface area contributed by atoms with Crippen molar-refractivity contribution in [2.24, 2.45) is 0 Å². The van der Waals surface area contributed by atoms with Crippen LogP contribution >= 0.6 is 0 Å². The SMILES string of the molecule is COc1cc(C(C)CO)ccc1S(C)(=O)=O. The molecule has 0 spiro atoms. The van der Waals surface area contributed by atoms with Gasteiger partial charge in [0.2, 0.25) is 0 Å². The second-order valence-corrected chi connectivity index (χ2v) is 5.75. The van der Waals surface area contributed by atoms with Crippen LogP contribution in [0.4, 0.5) is 0 Å². The first-order valence-electron chi connectivity index (χ1n) is 4.89. The Morgan fingerprint density at radius 1 is 1.44 bits per heavy atom. The van der Waals surface area contributed by atoms with Crippen LogP contribution in [0, 0.1) is 0 Å². The lowest BCUT2D eigenvalue weighted by molar-refractivity contribution is 0.272. The zero-order chi connectivity index (χ0) is 12.3. The van der Waals surface area contributed by atoms with Gasteiger partial charge in [-0.25, -0.2) is 8.42 Å². The fraction of sp³-hybridized carbons (Fsp3) is 0.455. The summed E-state index contributed by atoms with van der Waals surface area (Å²) < 4.78 is 27.9. The third-order valence-corrected chi connectivity index (χ3v) is 3.57. The molecule has 0 aliphatic rings. The maximum absolute atomic E-state index is 11.4. The fourth-order valence-electron chi connectivity index (χ4n) is 1.40. The summed E-state index contributed by atoms with van der Waals surface area (Å²) in [5.74, 6) is 0.280. The van der Waals surface area contributed by atoms with Crippen molar-refractivity contribution < 1.29 is 18.3 Å². The number of rotatable bonds is 4. The summed E-state index contributed by atoms with van der Waals surface area (Å²) in [7, 11) is -1.85. The lowest BCUT2D eigenvalue weighted by Gasteiger charge is -2.12. The highest BCUT2D eigenvalue weighted by molar-refractivity contribution is 7.90. The number of methoxy groups -OCH3 is 1. The summed E-state index contributed by atoms with van der Waals surface area (Å²) in [6, 6.07) is 4.85. The number of hydrogen-bond acceptors (Lipinski definition) is 4. The van der Waals surface area contributed by atoms with Gasteiger partial charge in [0.25, 0.3) is 0 Å². The van der Waals surface area contributed by atoms with E-state index in [0.29, 0.717) is 5.75 Å². The number of sulfone groups is 1. The summed E-state index contributed by atoms with van der Waals surface area (Å²) in [6.45, 7) is 1.87. The first-order chi connectivity index (χ1) is 7.40. The van der Waals surface area contributed by atoms with Gasteiger partial charge >= 0.3 is 0 Å². The minimum atomic E-state index is -3.28. The quantitative estimate of drug-likeness (QED) is 0.864. The van der Waals surface area contributed by atoms with Crippen LogP contribution in [0.5, 0.6) is 5.75 Å². The van der Waals surface area contributed by atoms with E-state index in [0.717, 1.165) is 11.8 Å². The molecule has 1 rings (SSSR count). The van der Waals surface area contributed by atoms with Gasteiger partial charge in [-0.1, -0.05) is 13.0 Å². The number of hydrogen-bond donors (Lipinski definition) is 1. The van der Waals surface area contributed by atoms with E-state index >= 15 is 0 Å². The highest BCUT2D eigenvalue weighted by Crippen LogP contribution is 2.27. The van der Waals surface area contributed by atoms with Gasteiger partial charge in [0.15, 0.2) is 9.84 Å². The molecule has 1 N–H and O–H groups in total. The molecule has 1 unspecified atom stereocenters. The van der Waals surface area contributed by atoms with Crippen molar-refractivity contribution in [1.82, 2.24) is 0 Å². The summed E-state index contributed by atoms with van der Waals surface area (Å²) in [4.78, 5) is 0.170. The maximum Gasteiger partial charge on any atom is 0.179 e. The van der Waals surface area contributed by atoms with E-state index in [9.17, 15) is 8.42 Å². The lowest BCUT2D eigenvalue weighted by atomic mass is 10.0. The van der Waals surface area contributed by atoms with Crippen LogP contribution < -0.4 is 4.74 Å². The molecular weight excluding hydrogens is 228 g/mol. The molecule has 16 heavy (non-hydrogen) atoms. The molecule has 0 bridgehead atoms. The second-order valence-electron chi connectivity index (χ2n) is 3.77. The summed E-state index contributed by atoms with van der Waals surface area (Å²) in [5, 5.41) is 9.02. The van der Waals surface area contributed by atoms with Gasteiger partial charge in [-0.15, -0.1) is 0 Å². The molecule has 0 amide bonds. The van der Waals surface area contributed by atoms with Crippen LogP contribution in [0.3, 0.4) is 0 Å². The Morgan fingerprint density at radius 3 is 2.50 bits per heavy atom. The fourth-order valence-corrected chi connectivity index (χ4v) is 2.23. The van der Waals surface area contributed by atoms with E-state index in [1.807, 2.05) is 6.92 Å². The summed E-state index contributed by atoms with van der Waals surface area (Å²) in [6.07, 6.45) is 1.14. The molecule has 0 fully saturated rings. The summed E-state index contributed by atoms with van der Waals surface area (Å²) >= 11 is 0. The van der Waals surface area contributed by atoms with E-state index in [1.54, 1.807) is 12.1 Å². The molecule has 4 nitrogen and oxygen atoms in total. The third-order valence-electron chi connectivity index (χ3n) is 2.43. The van der Waals surface area contributed by atoms with Crippen molar-refractivity contribution in [3.05, 3.63) is 23.8 Å². The first kappa shape index (κ1) is 13.0. The Labute approximate surface area is 95.8 Å². The number of benzene rings is 1. The topological polar surface area (TPSA) is 63.6 Å². The van der Waals surface area contributed by atoms with Gasteiger partial charge in [-0.3, -0.25) is 0 Å². The molecule has 0 aliphatic carbocycles. The average molecular weight is 244 g/mol. The lowest BCUT2D eigenvalue weighted by Crippen LogP contribution is -2.04. The number of aliphatic hydroxyl groups excluding tert-OH is 1. The standard InChI is InChI=1S/C11H16O4S/c1-8(7-12)9-4-5-11(16(3,13)14)10(6-9)15-2/h4-6,8,12H,7H2,1-3H3. The molecule has 5 heteroatoms. The van der Waals surface area contributed by atoms with Crippen LogP contribution in [0.2, 0.25) is 0 Å². The maximum atomic E-state index is 11.4. The van der Waals surface area contributed by atoms with Crippen molar-refractivity contribution >= 4 is 9.84 Å². The average Bonchev–Trinajstić information content (AvgIpc) is 2.25. The van der Waals surface area contributed by atoms with E-state index < -0.39 is 9.84 Å². The highest BCUT2D eigenvalue weighted by Gasteiger charge is 2.15. The first-order valence-corrected chi connectivity index (χ1v) is 6.78. The minimum absolute atomic E-state index is 0.0153. The molecule has 1 atom stereocenters. The summed E-state index contributed by atoms with van der Waals surface area (Å²) in [5.41, 5.74) is 0.853. The van der Waals surface area contributed by atoms with E-state index in [1.165, 1.54) is 13.2 Å². The molecule has 0 saturated heterocycles. The minimum Gasteiger partial charge on any atom is -0.495 e. The Bertz CT molecular complexity index is 465. The Morgan fingerprint density at radius 2 is 2.06 bits per heavy atom. The van der Waals surface area contributed by atoms with E-state index in [4.69, 9.17) is 9.84 Å². The normalized spacial score (nSPS) is 13.5. The predicted octanol–water partition coefficient (Wildman–Crippen LogP) is 1.19. The second kappa shape index (κ2) is 4.84. The van der Waals surface area contributed by atoms with Gasteiger partial charge in [0, 0.05) is 18.8 Å². The van der Waals surface area contributed by atoms with Crippen molar-refractivity contribution in [1.29, 1.82) is 0 Å². The zero-order valence-electron chi connectivity index (χ0n) is 9.60. The molecule has 0 saturated carbocycles. The molecule has 1 aromatic rings. The van der Waals surface area contributed by atoms with Crippen LogP contribution in [-0.4, -0.2) is 33.5 Å². The predicted molar refractivity (Wildman–Crippen MR) is 61.6 cm³/mol. The molecule has 1 aromatic carbocycles. The van der Waals surface area contributed by atoms with Crippen LogP contribution in [-0.2, 0) is 9.84 Å². The van der Waals surface area contributed by atoms with Gasteiger partial charge in [-0.05, 0) is 17.7 Å². The van der Waals surface area contributed by atoms with Crippen LogP contribution in [0.1, 0.15) is 18.4 Å². The number of ether oxygens (including phenoxy) is 1. The monoisotopic (exact) mass is 244 g/mol. The van der Waals surface area contributed by atoms with Crippen molar-refractivity contribution in [3.8, 4) is 5.75 Å². The molecule has 90 valence electrons. The van der Waals surface area contributed by atoms with E-state index in [2.05, 4.69) is 0 Å². The van der Waals surface area contributed by atoms with Gasteiger partial charge in [-0.2, -0.15) is 0 Å². The van der Waals surface area contributed by atoms with Crippen molar-refractivity contribution in [3.63, 3.8) is 0 Å². The molecule has 0 aliphatic heterocycles. The molecule has 0 aromatic heterocycles. The Balaban J connectivity index is 3.28. The molecule has 0 radical (unpaired) electrons. The molecule has 0 heterocycles. The highest BCUT2D eigenvalue weighted by atomic mass is 32.2. The van der Waals surface area contributed by atoms with Crippen molar-refractivity contribution in [2.45, 2.75) is 17.7 Å². The van der Waals surface area contributed by atoms with Gasteiger partial charge < -0.3 is 9.84 Å². The smallest absolute Gasteiger partial charge is 0.179 e. The van der Waals surface area contributed by atoms with Gasteiger partial charge in [0.1, 0.15) is 10.6 Å². The van der Waals surface area contributed by atoms with Crippen LogP contribution in [0.15, 0.2) is 23.1 Å². The number of aliphatic hydroxyl groups is 1. The Kier molecular flexibility index (Phi) is 3.93. The third kappa shape index (κ3) is 2.74. The van der Waals surface area contributed by atoms with Crippen molar-refractivity contribution in [2.75, 3.05) is 20.0 Å². The molecular formula is C11H16O4S. The largest absolute Gasteiger partial charge is 0.495 e. The zero-order valence-corrected chi connectivity index (χ0v) is 10.4. The van der Waals surface area contributed by atoms with Gasteiger partial charge in [0.05, 0.1) is 7.11 Å². The van der Waals surface area contributed by atoms with Crippen LogP contribution in [0.25, 0.3) is 0 Å². The van der Waals surface area contributed by atoms with E-state index in [-0.39, 0.29) is 17.4 Å². The Hall–Kier alpha value is -1.07.